The van der Waals surface area contributed by atoms with Crippen molar-refractivity contribution >= 4 is 11.9 Å². The summed E-state index contributed by atoms with van der Waals surface area (Å²) in [6, 6.07) is 7.21. The van der Waals surface area contributed by atoms with E-state index in [0.717, 1.165) is 30.4 Å². The van der Waals surface area contributed by atoms with Gasteiger partial charge in [0.1, 0.15) is 6.54 Å². The number of nitrogens with zero attached hydrogens (tertiary/aromatic N) is 2. The first-order chi connectivity index (χ1) is 10.6. The van der Waals surface area contributed by atoms with Crippen molar-refractivity contribution in [1.82, 2.24) is 15.1 Å². The van der Waals surface area contributed by atoms with Crippen LogP contribution < -0.4 is 0 Å². The van der Waals surface area contributed by atoms with E-state index < -0.39 is 5.97 Å². The average molecular weight is 299 g/mol. The quantitative estimate of drug-likeness (QED) is 0.885. The zero-order chi connectivity index (χ0) is 15.5. The van der Waals surface area contributed by atoms with Gasteiger partial charge in [-0.05, 0) is 37.0 Å². The smallest absolute Gasteiger partial charge is 0.323 e. The number of aromatic amines is 1. The standard InChI is InChI=1S/C16H17N3O3/c20-15(21)10-19(14-2-1-3-14)16(22)12-6-4-11(5-7-12)13-8-17-18-9-13/h4-9,14H,1-3,10H2,(H,17,18)(H,20,21). The Labute approximate surface area is 127 Å². The Hall–Kier alpha value is -2.63. The molecule has 1 saturated carbocycles. The zero-order valence-electron chi connectivity index (χ0n) is 12.0. The molecule has 2 N–H and O–H groups in total. The highest BCUT2D eigenvalue weighted by Gasteiger charge is 2.30. The number of benzene rings is 1. The van der Waals surface area contributed by atoms with Crippen LogP contribution >= 0.6 is 0 Å². The first-order valence-corrected chi connectivity index (χ1v) is 7.27. The van der Waals surface area contributed by atoms with E-state index in [1.54, 1.807) is 24.5 Å². The molecule has 1 fully saturated rings. The summed E-state index contributed by atoms with van der Waals surface area (Å²) in [5, 5.41) is 15.7. The Bertz CT molecular complexity index is 660. The Balaban J connectivity index is 1.79. The lowest BCUT2D eigenvalue weighted by Crippen LogP contribution is -2.46. The summed E-state index contributed by atoms with van der Waals surface area (Å²) in [5.41, 5.74) is 2.42. The third-order valence-corrected chi connectivity index (χ3v) is 4.05. The fourth-order valence-corrected chi connectivity index (χ4v) is 2.59. The van der Waals surface area contributed by atoms with Gasteiger partial charge >= 0.3 is 5.97 Å². The van der Waals surface area contributed by atoms with Crippen LogP contribution in [0.15, 0.2) is 36.7 Å². The van der Waals surface area contributed by atoms with Gasteiger partial charge in [-0.1, -0.05) is 12.1 Å². The van der Waals surface area contributed by atoms with E-state index in [0.29, 0.717) is 5.56 Å². The van der Waals surface area contributed by atoms with Crippen LogP contribution in [0.1, 0.15) is 29.6 Å². The SMILES string of the molecule is O=C(O)CN(C(=O)c1ccc(-c2cn[nH]c2)cc1)C1CCC1. The van der Waals surface area contributed by atoms with Crippen LogP contribution in [-0.2, 0) is 4.79 Å². The maximum absolute atomic E-state index is 12.6. The van der Waals surface area contributed by atoms with E-state index in [9.17, 15) is 9.59 Å². The maximum atomic E-state index is 12.6. The summed E-state index contributed by atoms with van der Waals surface area (Å²) in [6.07, 6.45) is 6.30. The van der Waals surface area contributed by atoms with Gasteiger partial charge in [-0.25, -0.2) is 0 Å². The predicted octanol–water partition coefficient (Wildman–Crippen LogP) is 2.16. The lowest BCUT2D eigenvalue weighted by Gasteiger charge is -2.36. The fraction of sp³-hybridized carbons (Fsp3) is 0.312. The minimum Gasteiger partial charge on any atom is -0.480 e. The highest BCUT2D eigenvalue weighted by Crippen LogP contribution is 2.26. The van der Waals surface area contributed by atoms with Crippen LogP contribution in [0.5, 0.6) is 0 Å². The van der Waals surface area contributed by atoms with Gasteiger partial charge in [0.2, 0.25) is 0 Å². The van der Waals surface area contributed by atoms with E-state index in [2.05, 4.69) is 10.2 Å². The molecule has 0 radical (unpaired) electrons. The first kappa shape index (κ1) is 14.3. The second-order valence-corrected chi connectivity index (χ2v) is 5.48. The molecule has 1 aromatic carbocycles. The van der Waals surface area contributed by atoms with E-state index in [1.165, 1.54) is 4.90 Å². The number of amides is 1. The van der Waals surface area contributed by atoms with Crippen LogP contribution in [0.4, 0.5) is 0 Å². The van der Waals surface area contributed by atoms with Gasteiger partial charge in [-0.3, -0.25) is 14.7 Å². The van der Waals surface area contributed by atoms with Crippen LogP contribution in [0.25, 0.3) is 11.1 Å². The largest absolute Gasteiger partial charge is 0.480 e. The van der Waals surface area contributed by atoms with E-state index in [4.69, 9.17) is 5.11 Å². The third-order valence-electron chi connectivity index (χ3n) is 4.05. The van der Waals surface area contributed by atoms with Crippen molar-refractivity contribution in [1.29, 1.82) is 0 Å². The molecule has 0 spiro atoms. The number of hydrogen-bond donors (Lipinski definition) is 2. The lowest BCUT2D eigenvalue weighted by atomic mass is 9.91. The molecule has 3 rings (SSSR count). The molecular formula is C16H17N3O3. The van der Waals surface area contributed by atoms with Crippen molar-refractivity contribution in [2.45, 2.75) is 25.3 Å². The van der Waals surface area contributed by atoms with Gasteiger partial charge in [0, 0.05) is 23.4 Å². The molecule has 1 aliphatic rings. The lowest BCUT2D eigenvalue weighted by molar-refractivity contribution is -0.138. The molecule has 22 heavy (non-hydrogen) atoms. The van der Waals surface area contributed by atoms with E-state index >= 15 is 0 Å². The number of aliphatic carboxylic acids is 1. The van der Waals surface area contributed by atoms with Crippen LogP contribution in [0, 0.1) is 0 Å². The van der Waals surface area contributed by atoms with Crippen LogP contribution in [0.3, 0.4) is 0 Å². The number of rotatable bonds is 5. The molecule has 0 aliphatic heterocycles. The minimum atomic E-state index is -0.977. The number of H-pyrrole nitrogens is 1. The molecule has 114 valence electrons. The first-order valence-electron chi connectivity index (χ1n) is 7.27. The zero-order valence-corrected chi connectivity index (χ0v) is 12.0. The van der Waals surface area contributed by atoms with Gasteiger partial charge in [-0.2, -0.15) is 5.10 Å². The van der Waals surface area contributed by atoms with Crippen molar-refractivity contribution in [3.63, 3.8) is 0 Å². The second-order valence-electron chi connectivity index (χ2n) is 5.48. The summed E-state index contributed by atoms with van der Waals surface area (Å²) >= 11 is 0. The average Bonchev–Trinajstić information content (AvgIpc) is 2.98. The van der Waals surface area contributed by atoms with Crippen molar-refractivity contribution < 1.29 is 14.7 Å². The molecular weight excluding hydrogens is 282 g/mol. The summed E-state index contributed by atoms with van der Waals surface area (Å²) in [4.78, 5) is 25.0. The number of nitrogens with one attached hydrogen (secondary N) is 1. The van der Waals surface area contributed by atoms with Gasteiger partial charge in [0.25, 0.3) is 5.91 Å². The predicted molar refractivity (Wildman–Crippen MR) is 80.3 cm³/mol. The molecule has 1 aliphatic carbocycles. The summed E-state index contributed by atoms with van der Waals surface area (Å²) in [7, 11) is 0. The van der Waals surface area contributed by atoms with Crippen molar-refractivity contribution in [2.24, 2.45) is 0 Å². The second kappa shape index (κ2) is 6.01. The van der Waals surface area contributed by atoms with Gasteiger partial charge in [-0.15, -0.1) is 0 Å². The summed E-state index contributed by atoms with van der Waals surface area (Å²) in [5.74, 6) is -1.19. The Kier molecular flexibility index (Phi) is 3.91. The summed E-state index contributed by atoms with van der Waals surface area (Å²) in [6.45, 7) is -0.243. The Morgan fingerprint density at radius 3 is 2.45 bits per heavy atom. The Morgan fingerprint density at radius 1 is 1.23 bits per heavy atom. The number of carboxylic acids is 1. The molecule has 0 saturated heterocycles. The highest BCUT2D eigenvalue weighted by molar-refractivity contribution is 5.96. The number of carbonyl (C=O) groups excluding carboxylic acids is 1. The molecule has 0 atom stereocenters. The normalized spacial score (nSPS) is 14.4. The number of carboxylic acid groups (broad SMARTS) is 1. The molecule has 2 aromatic rings. The monoisotopic (exact) mass is 299 g/mol. The van der Waals surface area contributed by atoms with Crippen LogP contribution in [-0.4, -0.2) is 44.7 Å². The molecule has 0 bridgehead atoms. The summed E-state index contributed by atoms with van der Waals surface area (Å²) < 4.78 is 0. The third kappa shape index (κ3) is 2.86. The van der Waals surface area contributed by atoms with Crippen molar-refractivity contribution in [3.8, 4) is 11.1 Å². The van der Waals surface area contributed by atoms with Crippen LogP contribution in [0.2, 0.25) is 0 Å². The minimum absolute atomic E-state index is 0.0529. The van der Waals surface area contributed by atoms with Gasteiger partial charge in [0.05, 0.1) is 6.20 Å². The molecule has 6 heteroatoms. The molecule has 6 nitrogen and oxygen atoms in total. The Morgan fingerprint density at radius 2 is 1.95 bits per heavy atom. The fourth-order valence-electron chi connectivity index (χ4n) is 2.59. The van der Waals surface area contributed by atoms with Gasteiger partial charge in [0.15, 0.2) is 0 Å². The van der Waals surface area contributed by atoms with Gasteiger partial charge < -0.3 is 10.0 Å². The van der Waals surface area contributed by atoms with E-state index in [1.807, 2.05) is 12.1 Å². The number of aromatic nitrogens is 2. The number of hydrogen-bond acceptors (Lipinski definition) is 3. The molecule has 1 amide bonds. The van der Waals surface area contributed by atoms with Crippen molar-refractivity contribution in [3.05, 3.63) is 42.2 Å². The molecule has 1 heterocycles. The van der Waals surface area contributed by atoms with E-state index in [-0.39, 0.29) is 18.5 Å². The highest BCUT2D eigenvalue weighted by atomic mass is 16.4. The molecule has 1 aromatic heterocycles. The topological polar surface area (TPSA) is 86.3 Å². The maximum Gasteiger partial charge on any atom is 0.323 e. The molecule has 0 unspecified atom stereocenters. The number of carbonyl (C=O) groups is 2. The van der Waals surface area contributed by atoms with Crippen molar-refractivity contribution in [2.75, 3.05) is 6.54 Å².